The molecule has 6 nitrogen and oxygen atoms in total. The van der Waals surface area contributed by atoms with Crippen LogP contribution < -0.4 is 0 Å². The maximum Gasteiger partial charge on any atom is 0.236 e. The van der Waals surface area contributed by atoms with Gasteiger partial charge in [-0.3, -0.25) is 4.57 Å². The number of rotatable bonds is 3. The van der Waals surface area contributed by atoms with E-state index in [1.807, 2.05) is 12.1 Å². The van der Waals surface area contributed by atoms with Gasteiger partial charge >= 0.3 is 0 Å². The molecule has 0 atom stereocenters. The molecule has 0 aliphatic carbocycles. The van der Waals surface area contributed by atoms with E-state index in [0.717, 1.165) is 98.4 Å². The molecule has 7 heteroatoms. The van der Waals surface area contributed by atoms with Gasteiger partial charge in [0.05, 0.1) is 38.7 Å². The summed E-state index contributed by atoms with van der Waals surface area (Å²) < 4.78 is 18.7. The molecule has 0 unspecified atom stereocenters. The second-order valence-corrected chi connectivity index (χ2v) is 16.7. The van der Waals surface area contributed by atoms with Crippen LogP contribution in [0.3, 0.4) is 0 Å². The Kier molecular flexibility index (Phi) is 5.46. The molecule has 59 heavy (non-hydrogen) atoms. The highest BCUT2D eigenvalue weighted by Crippen LogP contribution is 2.49. The fourth-order valence-electron chi connectivity index (χ4n) is 10.2. The van der Waals surface area contributed by atoms with Gasteiger partial charge in [0.25, 0.3) is 0 Å². The molecule has 7 aromatic heterocycles. The Balaban J connectivity index is 1.01. The van der Waals surface area contributed by atoms with Gasteiger partial charge in [0.2, 0.25) is 5.95 Å². The van der Waals surface area contributed by atoms with E-state index in [9.17, 15) is 0 Å². The Morgan fingerprint density at radius 2 is 1.08 bits per heavy atom. The number of para-hydroxylation sites is 2. The van der Waals surface area contributed by atoms with E-state index in [-0.39, 0.29) is 0 Å². The summed E-state index contributed by atoms with van der Waals surface area (Å²) in [4.78, 5) is 12.0. The van der Waals surface area contributed by atoms with Crippen molar-refractivity contribution in [2.24, 2.45) is 0 Å². The van der Waals surface area contributed by atoms with Gasteiger partial charge in [-0.2, -0.15) is 0 Å². The summed E-state index contributed by atoms with van der Waals surface area (Å²) >= 11 is 1.72. The Morgan fingerprint density at radius 1 is 0.407 bits per heavy atom. The van der Waals surface area contributed by atoms with Crippen LogP contribution >= 0.6 is 11.3 Å². The molecule has 0 N–H and O–H groups in total. The molecule has 8 aromatic carbocycles. The van der Waals surface area contributed by atoms with Crippen molar-refractivity contribution in [3.8, 4) is 28.3 Å². The summed E-state index contributed by atoms with van der Waals surface area (Å²) in [5.74, 6) is 0.646. The Hall–Kier alpha value is -7.74. The summed E-state index contributed by atoms with van der Waals surface area (Å²) in [5, 5.41) is 11.6. The van der Waals surface area contributed by atoms with Gasteiger partial charge in [-0.25, -0.2) is 9.97 Å². The average Bonchev–Trinajstić information content (AvgIpc) is 4.08. The van der Waals surface area contributed by atoms with Crippen molar-refractivity contribution < 1.29 is 8.83 Å². The first kappa shape index (κ1) is 30.4. The maximum atomic E-state index is 6.64. The molecular formula is C52H26N4O2S. The highest BCUT2D eigenvalue weighted by Gasteiger charge is 2.27. The quantitative estimate of drug-likeness (QED) is 0.179. The predicted octanol–water partition coefficient (Wildman–Crippen LogP) is 14.5. The van der Waals surface area contributed by atoms with Crippen molar-refractivity contribution in [2.75, 3.05) is 0 Å². The number of aromatic nitrogens is 4. The predicted molar refractivity (Wildman–Crippen MR) is 243 cm³/mol. The molecule has 0 saturated heterocycles. The number of thiophene rings is 1. The fourth-order valence-corrected chi connectivity index (χ4v) is 11.3. The number of benzene rings is 8. The third kappa shape index (κ3) is 3.77. The summed E-state index contributed by atoms with van der Waals surface area (Å²) in [5.41, 5.74) is 13.4. The number of fused-ring (bicyclic) bond motifs is 10. The minimum absolute atomic E-state index is 0.646. The van der Waals surface area contributed by atoms with Gasteiger partial charge in [-0.05, 0) is 77.9 Å². The van der Waals surface area contributed by atoms with Crippen LogP contribution in [0.25, 0.3) is 142 Å². The lowest BCUT2D eigenvalue weighted by atomic mass is 9.99. The smallest absolute Gasteiger partial charge is 0.236 e. The van der Waals surface area contributed by atoms with Crippen molar-refractivity contribution in [3.05, 3.63) is 158 Å². The minimum Gasteiger partial charge on any atom is -0.456 e. The normalized spacial score (nSPS) is 12.7. The van der Waals surface area contributed by atoms with Gasteiger partial charge in [0, 0.05) is 58.7 Å². The van der Waals surface area contributed by atoms with Crippen LogP contribution in [0.5, 0.6) is 0 Å². The van der Waals surface area contributed by atoms with Crippen molar-refractivity contribution in [2.45, 2.75) is 0 Å². The topological polar surface area (TPSA) is 61.4 Å². The second kappa shape index (κ2) is 10.6. The zero-order valence-electron chi connectivity index (χ0n) is 31.0. The molecule has 0 spiro atoms. The number of hydrogen-bond donors (Lipinski definition) is 0. The summed E-state index contributed by atoms with van der Waals surface area (Å²) in [6.45, 7) is 0. The molecule has 15 rings (SSSR count). The molecule has 0 aliphatic heterocycles. The van der Waals surface area contributed by atoms with Crippen LogP contribution in [0.4, 0.5) is 0 Å². The first-order valence-corrected chi connectivity index (χ1v) is 20.6. The van der Waals surface area contributed by atoms with Crippen LogP contribution in [-0.2, 0) is 0 Å². The van der Waals surface area contributed by atoms with Gasteiger partial charge in [0.15, 0.2) is 0 Å². The summed E-state index contributed by atoms with van der Waals surface area (Å²) in [7, 11) is 0. The number of furan rings is 2. The third-order valence-corrected chi connectivity index (χ3v) is 13.8. The first-order valence-electron chi connectivity index (χ1n) is 19.8. The van der Waals surface area contributed by atoms with E-state index >= 15 is 0 Å². The van der Waals surface area contributed by atoms with Gasteiger partial charge in [-0.15, -0.1) is 11.3 Å². The third-order valence-electron chi connectivity index (χ3n) is 12.7. The van der Waals surface area contributed by atoms with E-state index in [1.165, 1.54) is 37.3 Å². The van der Waals surface area contributed by atoms with E-state index < -0.39 is 0 Å². The highest BCUT2D eigenvalue weighted by atomic mass is 32.1. The summed E-state index contributed by atoms with van der Waals surface area (Å²) in [6, 6.07) is 56.1. The standard InChI is InChI=1S/C52H26N4O2S/c1-4-11-35-30(8-1)32-21-24-42-48-47-41(58-42)25-22-38-46(47)45-36(55(35)50(32)48)12-7-13-37(45)56(38)52-53-49(44-33-10-3-6-15-43(33)59-51(44)54-52)28-18-16-27(17-19-28)29-20-23-40-34(26-29)31-9-2-5-14-39(31)57-40/h1-26H. The molecule has 272 valence electrons. The molecule has 15 aromatic rings. The number of hydrogen-bond acceptors (Lipinski definition) is 5. The fraction of sp³-hybridized carbons (Fsp3) is 0. The second-order valence-electron chi connectivity index (χ2n) is 15.7. The van der Waals surface area contributed by atoms with E-state index in [4.69, 9.17) is 18.8 Å². The van der Waals surface area contributed by atoms with Crippen molar-refractivity contribution >= 4 is 125 Å². The van der Waals surface area contributed by atoms with Gasteiger partial charge in [-0.1, -0.05) is 91.0 Å². The monoisotopic (exact) mass is 770 g/mol. The largest absolute Gasteiger partial charge is 0.456 e. The first-order chi connectivity index (χ1) is 29.2. The van der Waals surface area contributed by atoms with Crippen LogP contribution in [-0.4, -0.2) is 18.9 Å². The molecule has 7 heterocycles. The molecule has 0 radical (unpaired) electrons. The van der Waals surface area contributed by atoms with E-state index in [1.54, 1.807) is 11.3 Å². The van der Waals surface area contributed by atoms with Crippen LogP contribution in [0.15, 0.2) is 167 Å². The van der Waals surface area contributed by atoms with E-state index in [0.29, 0.717) is 5.95 Å². The van der Waals surface area contributed by atoms with Crippen molar-refractivity contribution in [3.63, 3.8) is 0 Å². The highest BCUT2D eigenvalue weighted by molar-refractivity contribution is 7.25. The zero-order valence-corrected chi connectivity index (χ0v) is 31.8. The SMILES string of the molecule is c1ccc2c(c1)oc1ccc(-c3ccc(-c4nc(-n5c6ccc7oc8ccc9c%10ccccc%10n%10c%11cccc5c%11c6c7c8c9%10)nc5sc6ccccc6c45)cc3)cc12. The lowest BCUT2D eigenvalue weighted by Crippen LogP contribution is -2.02. The van der Waals surface area contributed by atoms with Gasteiger partial charge < -0.3 is 13.2 Å². The van der Waals surface area contributed by atoms with Crippen LogP contribution in [0.1, 0.15) is 0 Å². The van der Waals surface area contributed by atoms with Crippen molar-refractivity contribution in [1.82, 2.24) is 18.9 Å². The molecule has 0 saturated carbocycles. The van der Waals surface area contributed by atoms with E-state index in [2.05, 4.69) is 155 Å². The average molecular weight is 771 g/mol. The molecule has 0 aliphatic rings. The maximum absolute atomic E-state index is 6.64. The number of nitrogens with zero attached hydrogens (tertiary/aromatic N) is 4. The Bertz CT molecular complexity index is 4250. The summed E-state index contributed by atoms with van der Waals surface area (Å²) in [6.07, 6.45) is 0. The zero-order chi connectivity index (χ0) is 38.1. The lowest BCUT2D eigenvalue weighted by molar-refractivity contribution is 0.669. The van der Waals surface area contributed by atoms with Gasteiger partial charge in [0.1, 0.15) is 27.2 Å². The molecule has 0 fully saturated rings. The molecule has 0 amide bonds. The minimum atomic E-state index is 0.646. The van der Waals surface area contributed by atoms with Crippen LogP contribution in [0.2, 0.25) is 0 Å². The lowest BCUT2D eigenvalue weighted by Gasteiger charge is -2.11. The molecule has 0 bridgehead atoms. The Morgan fingerprint density at radius 3 is 2.02 bits per heavy atom. The molecular weight excluding hydrogens is 745 g/mol. The Labute approximate surface area is 337 Å². The van der Waals surface area contributed by atoms with Crippen molar-refractivity contribution in [1.29, 1.82) is 0 Å². The van der Waals surface area contributed by atoms with Crippen LogP contribution in [0, 0.1) is 0 Å².